The summed E-state index contributed by atoms with van der Waals surface area (Å²) < 4.78 is 13.6. The van der Waals surface area contributed by atoms with E-state index in [0.29, 0.717) is 0 Å². The van der Waals surface area contributed by atoms with E-state index in [1.54, 1.807) is 0 Å². The Balaban J connectivity index is 1.55. The fraction of sp³-hybridized carbons (Fsp3) is 0.579. The molecule has 0 unspecified atom stereocenters. The van der Waals surface area contributed by atoms with Crippen molar-refractivity contribution in [3.63, 3.8) is 0 Å². The zero-order valence-electron chi connectivity index (χ0n) is 15.6. The summed E-state index contributed by atoms with van der Waals surface area (Å²) in [5, 5.41) is 4.44. The first-order valence-electron chi connectivity index (χ1n) is 8.97. The van der Waals surface area contributed by atoms with Crippen LogP contribution in [0.2, 0.25) is 0 Å². The van der Waals surface area contributed by atoms with E-state index in [9.17, 15) is 0 Å². The molecule has 2 heterocycles. The largest absolute Gasteiger partial charge is 0.491 e. The highest BCUT2D eigenvalue weighted by atomic mass is 16.5. The van der Waals surface area contributed by atoms with Crippen molar-refractivity contribution in [2.45, 2.75) is 53.0 Å². The van der Waals surface area contributed by atoms with Gasteiger partial charge in [0.25, 0.3) is 0 Å². The number of nitrogens with zero attached hydrogens (tertiary/aromatic N) is 4. The highest BCUT2D eigenvalue weighted by molar-refractivity contribution is 5.27. The van der Waals surface area contributed by atoms with Crippen LogP contribution in [0.4, 0.5) is 0 Å². The number of hydrogen-bond acceptors (Lipinski definition) is 5. The molecular weight excluding hydrogens is 316 g/mol. The molecule has 136 valence electrons. The van der Waals surface area contributed by atoms with Crippen molar-refractivity contribution in [2.75, 3.05) is 19.7 Å². The molecule has 2 aromatic rings. The predicted molar refractivity (Wildman–Crippen MR) is 96.7 cm³/mol. The number of benzene rings is 1. The van der Waals surface area contributed by atoms with Crippen LogP contribution < -0.4 is 4.74 Å². The van der Waals surface area contributed by atoms with Crippen LogP contribution in [0, 0.1) is 13.8 Å². The number of aromatic nitrogens is 3. The Labute approximate surface area is 149 Å². The summed E-state index contributed by atoms with van der Waals surface area (Å²) in [5.41, 5.74) is 1.30. The van der Waals surface area contributed by atoms with E-state index >= 15 is 0 Å². The Morgan fingerprint density at radius 3 is 2.64 bits per heavy atom. The topological polar surface area (TPSA) is 52.4 Å². The van der Waals surface area contributed by atoms with Crippen molar-refractivity contribution in [3.8, 4) is 5.75 Å². The first-order chi connectivity index (χ1) is 12.0. The Kier molecular flexibility index (Phi) is 5.71. The Morgan fingerprint density at radius 1 is 1.24 bits per heavy atom. The van der Waals surface area contributed by atoms with Crippen LogP contribution in [0.1, 0.15) is 31.1 Å². The van der Waals surface area contributed by atoms with Crippen molar-refractivity contribution < 1.29 is 9.47 Å². The summed E-state index contributed by atoms with van der Waals surface area (Å²) in [4.78, 5) is 6.80. The zero-order chi connectivity index (χ0) is 17.8. The second kappa shape index (κ2) is 7.97. The zero-order valence-corrected chi connectivity index (χ0v) is 15.6. The van der Waals surface area contributed by atoms with Gasteiger partial charge in [-0.15, -0.1) is 0 Å². The summed E-state index contributed by atoms with van der Waals surface area (Å²) in [6.45, 7) is 12.3. The maximum Gasteiger partial charge on any atom is 0.147 e. The summed E-state index contributed by atoms with van der Waals surface area (Å²) in [5.74, 6) is 2.68. The van der Waals surface area contributed by atoms with Gasteiger partial charge < -0.3 is 9.47 Å². The third kappa shape index (κ3) is 5.03. The second-order valence-electron chi connectivity index (χ2n) is 6.93. The van der Waals surface area contributed by atoms with Crippen molar-refractivity contribution >= 4 is 0 Å². The molecule has 0 radical (unpaired) electrons. The van der Waals surface area contributed by atoms with E-state index < -0.39 is 0 Å². The summed E-state index contributed by atoms with van der Waals surface area (Å²) in [6.07, 6.45) is 0.354. The molecule has 0 amide bonds. The lowest BCUT2D eigenvalue weighted by Crippen LogP contribution is -2.43. The van der Waals surface area contributed by atoms with Gasteiger partial charge in [0.2, 0.25) is 0 Å². The van der Waals surface area contributed by atoms with Gasteiger partial charge in [0.1, 0.15) is 17.4 Å². The predicted octanol–water partition coefficient (Wildman–Crippen LogP) is 2.58. The Bertz CT molecular complexity index is 681. The molecule has 0 spiro atoms. The van der Waals surface area contributed by atoms with Gasteiger partial charge in [-0.05, 0) is 45.4 Å². The van der Waals surface area contributed by atoms with Gasteiger partial charge in [-0.3, -0.25) is 4.90 Å². The van der Waals surface area contributed by atoms with E-state index in [-0.39, 0.29) is 12.2 Å². The first-order valence-corrected chi connectivity index (χ1v) is 8.97. The molecule has 1 aliphatic heterocycles. The van der Waals surface area contributed by atoms with Crippen molar-refractivity contribution in [1.82, 2.24) is 19.7 Å². The highest BCUT2D eigenvalue weighted by Gasteiger charge is 2.22. The second-order valence-corrected chi connectivity index (χ2v) is 6.93. The van der Waals surface area contributed by atoms with Crippen molar-refractivity contribution in [3.05, 3.63) is 41.5 Å². The van der Waals surface area contributed by atoms with Gasteiger partial charge in [-0.2, -0.15) is 5.10 Å². The molecule has 1 aliphatic rings. The van der Waals surface area contributed by atoms with E-state index in [0.717, 1.165) is 50.2 Å². The quantitative estimate of drug-likeness (QED) is 0.806. The molecule has 1 fully saturated rings. The lowest BCUT2D eigenvalue weighted by atomic mass is 10.2. The maximum atomic E-state index is 5.93. The van der Waals surface area contributed by atoms with Crippen LogP contribution in [0.15, 0.2) is 24.3 Å². The summed E-state index contributed by atoms with van der Waals surface area (Å²) >= 11 is 0. The SMILES string of the molecule is Cc1nc(C)n(C[C@@H]2CN(Cc3ccc(OC(C)C)cc3)CCO2)n1. The van der Waals surface area contributed by atoms with E-state index in [1.807, 2.05) is 32.4 Å². The monoisotopic (exact) mass is 344 g/mol. The number of morpholine rings is 1. The molecule has 1 saturated heterocycles. The van der Waals surface area contributed by atoms with E-state index in [4.69, 9.17) is 9.47 Å². The molecule has 25 heavy (non-hydrogen) atoms. The van der Waals surface area contributed by atoms with Crippen molar-refractivity contribution in [1.29, 1.82) is 0 Å². The highest BCUT2D eigenvalue weighted by Crippen LogP contribution is 2.17. The van der Waals surface area contributed by atoms with Gasteiger partial charge in [-0.1, -0.05) is 12.1 Å². The normalized spacial score (nSPS) is 18.7. The number of ether oxygens (including phenoxy) is 2. The average molecular weight is 344 g/mol. The lowest BCUT2D eigenvalue weighted by Gasteiger charge is -2.33. The van der Waals surface area contributed by atoms with E-state index in [2.05, 4.69) is 39.2 Å². The van der Waals surface area contributed by atoms with Crippen LogP contribution in [0.25, 0.3) is 0 Å². The molecule has 0 aliphatic carbocycles. The molecule has 6 heteroatoms. The molecule has 1 aromatic carbocycles. The lowest BCUT2D eigenvalue weighted by molar-refractivity contribution is -0.0405. The fourth-order valence-electron chi connectivity index (χ4n) is 3.17. The molecular formula is C19H28N4O2. The molecule has 1 aromatic heterocycles. The third-order valence-electron chi connectivity index (χ3n) is 4.26. The minimum atomic E-state index is 0.150. The number of rotatable bonds is 6. The molecule has 3 rings (SSSR count). The van der Waals surface area contributed by atoms with Crippen LogP contribution >= 0.6 is 0 Å². The van der Waals surface area contributed by atoms with Gasteiger partial charge in [0, 0.05) is 19.6 Å². The number of hydrogen-bond donors (Lipinski definition) is 0. The van der Waals surface area contributed by atoms with Crippen LogP contribution in [-0.2, 0) is 17.8 Å². The fourth-order valence-corrected chi connectivity index (χ4v) is 3.17. The van der Waals surface area contributed by atoms with Crippen LogP contribution in [0.5, 0.6) is 5.75 Å². The van der Waals surface area contributed by atoms with Gasteiger partial charge >= 0.3 is 0 Å². The maximum absolute atomic E-state index is 5.93. The molecule has 0 saturated carbocycles. The van der Waals surface area contributed by atoms with Gasteiger partial charge in [0.05, 0.1) is 25.4 Å². The standard InChI is InChI=1S/C19H28N4O2/c1-14(2)25-18-7-5-17(6-8-18)11-22-9-10-24-19(12-22)13-23-16(4)20-15(3)21-23/h5-8,14,19H,9-13H2,1-4H3/t19-/m0/s1. The average Bonchev–Trinajstić information content (AvgIpc) is 2.87. The molecule has 6 nitrogen and oxygen atoms in total. The summed E-state index contributed by atoms with van der Waals surface area (Å²) in [6, 6.07) is 8.39. The van der Waals surface area contributed by atoms with Gasteiger partial charge in [0.15, 0.2) is 0 Å². The molecule has 0 N–H and O–H groups in total. The minimum absolute atomic E-state index is 0.150. The first kappa shape index (κ1) is 17.9. The molecule has 1 atom stereocenters. The minimum Gasteiger partial charge on any atom is -0.491 e. The summed E-state index contributed by atoms with van der Waals surface area (Å²) in [7, 11) is 0. The Morgan fingerprint density at radius 2 is 2.00 bits per heavy atom. The van der Waals surface area contributed by atoms with Crippen LogP contribution in [-0.4, -0.2) is 51.6 Å². The van der Waals surface area contributed by atoms with Gasteiger partial charge in [-0.25, -0.2) is 9.67 Å². The van der Waals surface area contributed by atoms with Crippen LogP contribution in [0.3, 0.4) is 0 Å². The van der Waals surface area contributed by atoms with Crippen molar-refractivity contribution in [2.24, 2.45) is 0 Å². The smallest absolute Gasteiger partial charge is 0.147 e. The van der Waals surface area contributed by atoms with E-state index in [1.165, 1.54) is 5.56 Å². The molecule has 0 bridgehead atoms. The third-order valence-corrected chi connectivity index (χ3v) is 4.26. The number of aryl methyl sites for hydroxylation is 2. The Hall–Kier alpha value is -1.92.